The van der Waals surface area contributed by atoms with Crippen molar-refractivity contribution in [2.75, 3.05) is 20.6 Å². The fraction of sp³-hybridized carbons (Fsp3) is 0.625. The van der Waals surface area contributed by atoms with E-state index < -0.39 is 0 Å². The van der Waals surface area contributed by atoms with E-state index in [1.165, 1.54) is 17.5 Å². The lowest BCUT2D eigenvalue weighted by molar-refractivity contribution is 0.218. The molecule has 0 bridgehead atoms. The van der Waals surface area contributed by atoms with E-state index in [1.54, 1.807) is 0 Å². The Hall–Kier alpha value is -0.570. The highest BCUT2D eigenvalue weighted by atomic mass is 35.5. The smallest absolute Gasteiger partial charge is 0.0408 e. The third-order valence-electron chi connectivity index (χ3n) is 4.19. The molecule has 2 rings (SSSR count). The highest BCUT2D eigenvalue weighted by molar-refractivity contribution is 6.30. The number of nitrogens with zero attached hydrogens (tertiary/aromatic N) is 1. The average Bonchev–Trinajstić information content (AvgIpc) is 2.71. The second-order valence-corrected chi connectivity index (χ2v) is 6.55. The maximum absolute atomic E-state index is 6.05. The Balaban J connectivity index is 1.99. The van der Waals surface area contributed by atoms with Gasteiger partial charge in [0.05, 0.1) is 0 Å². The van der Waals surface area contributed by atoms with E-state index in [0.717, 1.165) is 18.0 Å². The summed E-state index contributed by atoms with van der Waals surface area (Å²) in [5.74, 6) is 0.661. The normalized spacial score (nSPS) is 20.1. The summed E-state index contributed by atoms with van der Waals surface area (Å²) in [5.41, 5.74) is 2.85. The molecule has 2 nitrogen and oxygen atoms in total. The van der Waals surface area contributed by atoms with Crippen molar-refractivity contribution in [3.63, 3.8) is 0 Å². The van der Waals surface area contributed by atoms with Crippen LogP contribution in [0.2, 0.25) is 5.02 Å². The average molecular weight is 281 g/mol. The van der Waals surface area contributed by atoms with Crippen molar-refractivity contribution < 1.29 is 0 Å². The van der Waals surface area contributed by atoms with Crippen LogP contribution in [0.3, 0.4) is 0 Å². The SMILES string of the molecule is CC(C)C(CNC1CCc2cc(Cl)ccc21)N(C)C. The van der Waals surface area contributed by atoms with E-state index in [0.29, 0.717) is 18.0 Å². The molecule has 1 aromatic carbocycles. The molecule has 0 aliphatic heterocycles. The number of hydrogen-bond acceptors (Lipinski definition) is 2. The van der Waals surface area contributed by atoms with Crippen LogP contribution in [-0.2, 0) is 6.42 Å². The molecule has 0 aromatic heterocycles. The number of benzene rings is 1. The van der Waals surface area contributed by atoms with E-state index in [-0.39, 0.29) is 0 Å². The molecule has 19 heavy (non-hydrogen) atoms. The minimum absolute atomic E-state index is 0.494. The van der Waals surface area contributed by atoms with Gasteiger partial charge in [-0.05, 0) is 56.1 Å². The number of halogens is 1. The van der Waals surface area contributed by atoms with Crippen molar-refractivity contribution in [1.82, 2.24) is 10.2 Å². The zero-order valence-electron chi connectivity index (χ0n) is 12.4. The second-order valence-electron chi connectivity index (χ2n) is 6.12. The lowest BCUT2D eigenvalue weighted by Gasteiger charge is -2.29. The first-order chi connectivity index (χ1) is 8.99. The Bertz CT molecular complexity index is 421. The molecule has 0 saturated carbocycles. The lowest BCUT2D eigenvalue weighted by atomic mass is 10.0. The summed E-state index contributed by atoms with van der Waals surface area (Å²) in [4.78, 5) is 2.31. The number of hydrogen-bond donors (Lipinski definition) is 1. The number of aryl methyl sites for hydroxylation is 1. The maximum Gasteiger partial charge on any atom is 0.0408 e. The summed E-state index contributed by atoms with van der Waals surface area (Å²) < 4.78 is 0. The van der Waals surface area contributed by atoms with Crippen molar-refractivity contribution >= 4 is 11.6 Å². The second kappa shape index (κ2) is 6.25. The van der Waals surface area contributed by atoms with E-state index in [4.69, 9.17) is 11.6 Å². The van der Waals surface area contributed by atoms with Crippen LogP contribution in [0.25, 0.3) is 0 Å². The number of nitrogens with one attached hydrogen (secondary N) is 1. The molecule has 0 heterocycles. The van der Waals surface area contributed by atoms with Crippen molar-refractivity contribution in [3.8, 4) is 0 Å². The van der Waals surface area contributed by atoms with Crippen LogP contribution in [0.1, 0.15) is 37.4 Å². The Morgan fingerprint density at radius 2 is 2.11 bits per heavy atom. The zero-order chi connectivity index (χ0) is 14.0. The quantitative estimate of drug-likeness (QED) is 0.888. The molecule has 1 aromatic rings. The van der Waals surface area contributed by atoms with Gasteiger partial charge in [0.1, 0.15) is 0 Å². The van der Waals surface area contributed by atoms with Gasteiger partial charge >= 0.3 is 0 Å². The predicted molar refractivity (Wildman–Crippen MR) is 82.8 cm³/mol. The van der Waals surface area contributed by atoms with Crippen LogP contribution >= 0.6 is 11.6 Å². The monoisotopic (exact) mass is 280 g/mol. The molecule has 2 unspecified atom stereocenters. The Morgan fingerprint density at radius 3 is 2.74 bits per heavy atom. The fourth-order valence-corrected chi connectivity index (χ4v) is 3.27. The molecule has 0 amide bonds. The topological polar surface area (TPSA) is 15.3 Å². The van der Waals surface area contributed by atoms with E-state index in [2.05, 4.69) is 50.3 Å². The summed E-state index contributed by atoms with van der Waals surface area (Å²) in [7, 11) is 4.32. The van der Waals surface area contributed by atoms with Crippen LogP contribution in [-0.4, -0.2) is 31.6 Å². The van der Waals surface area contributed by atoms with Crippen LogP contribution in [0.4, 0.5) is 0 Å². The Labute approximate surface area is 122 Å². The number of rotatable bonds is 5. The molecular formula is C16H25ClN2. The highest BCUT2D eigenvalue weighted by Gasteiger charge is 2.24. The van der Waals surface area contributed by atoms with Crippen molar-refractivity contribution in [3.05, 3.63) is 34.3 Å². The van der Waals surface area contributed by atoms with Gasteiger partial charge in [-0.15, -0.1) is 0 Å². The van der Waals surface area contributed by atoms with Gasteiger partial charge in [-0.2, -0.15) is 0 Å². The van der Waals surface area contributed by atoms with Gasteiger partial charge in [-0.25, -0.2) is 0 Å². The van der Waals surface area contributed by atoms with Gasteiger partial charge in [0.2, 0.25) is 0 Å². The highest BCUT2D eigenvalue weighted by Crippen LogP contribution is 2.32. The van der Waals surface area contributed by atoms with Gasteiger partial charge < -0.3 is 10.2 Å². The fourth-order valence-electron chi connectivity index (χ4n) is 3.08. The first kappa shape index (κ1) is 14.8. The van der Waals surface area contributed by atoms with Crippen molar-refractivity contribution in [1.29, 1.82) is 0 Å². The third kappa shape index (κ3) is 3.50. The molecule has 2 atom stereocenters. The molecule has 0 saturated heterocycles. The van der Waals surface area contributed by atoms with Crippen molar-refractivity contribution in [2.24, 2.45) is 5.92 Å². The number of likely N-dealkylation sites (N-methyl/N-ethyl adjacent to an activating group) is 1. The summed E-state index contributed by atoms with van der Waals surface area (Å²) in [6, 6.07) is 7.38. The minimum atomic E-state index is 0.494. The van der Waals surface area contributed by atoms with Crippen LogP contribution < -0.4 is 5.32 Å². The van der Waals surface area contributed by atoms with Gasteiger partial charge in [0.25, 0.3) is 0 Å². The largest absolute Gasteiger partial charge is 0.308 e. The molecule has 106 valence electrons. The molecule has 1 N–H and O–H groups in total. The van der Waals surface area contributed by atoms with E-state index in [1.807, 2.05) is 6.07 Å². The molecule has 1 aliphatic carbocycles. The van der Waals surface area contributed by atoms with Crippen LogP contribution in [0.15, 0.2) is 18.2 Å². The van der Waals surface area contributed by atoms with E-state index in [9.17, 15) is 0 Å². The number of fused-ring (bicyclic) bond motifs is 1. The standard InChI is InChI=1S/C16H25ClN2/c1-11(2)16(19(3)4)10-18-15-8-5-12-9-13(17)6-7-14(12)15/h6-7,9,11,15-16,18H,5,8,10H2,1-4H3. The summed E-state index contributed by atoms with van der Waals surface area (Å²) in [5, 5.41) is 4.59. The van der Waals surface area contributed by atoms with Gasteiger partial charge in [0, 0.05) is 23.7 Å². The lowest BCUT2D eigenvalue weighted by Crippen LogP contribution is -2.42. The molecule has 0 fully saturated rings. The molecule has 1 aliphatic rings. The van der Waals surface area contributed by atoms with Crippen LogP contribution in [0.5, 0.6) is 0 Å². The van der Waals surface area contributed by atoms with Gasteiger partial charge in [-0.1, -0.05) is 31.5 Å². The summed E-state index contributed by atoms with van der Waals surface area (Å²) >= 11 is 6.05. The summed E-state index contributed by atoms with van der Waals surface area (Å²) in [6.45, 7) is 5.61. The first-order valence-electron chi connectivity index (χ1n) is 7.17. The molecule has 3 heteroatoms. The zero-order valence-corrected chi connectivity index (χ0v) is 13.2. The minimum Gasteiger partial charge on any atom is -0.308 e. The van der Waals surface area contributed by atoms with Crippen LogP contribution in [0, 0.1) is 5.92 Å². The van der Waals surface area contributed by atoms with Gasteiger partial charge in [-0.3, -0.25) is 0 Å². The first-order valence-corrected chi connectivity index (χ1v) is 7.55. The maximum atomic E-state index is 6.05. The third-order valence-corrected chi connectivity index (χ3v) is 4.42. The molecule has 0 radical (unpaired) electrons. The summed E-state index contributed by atoms with van der Waals surface area (Å²) in [6.07, 6.45) is 2.33. The molecule has 0 spiro atoms. The molecular weight excluding hydrogens is 256 g/mol. The predicted octanol–water partition coefficient (Wildman–Crippen LogP) is 3.50. The van der Waals surface area contributed by atoms with Gasteiger partial charge in [0.15, 0.2) is 0 Å². The van der Waals surface area contributed by atoms with E-state index >= 15 is 0 Å². The Kier molecular flexibility index (Phi) is 4.88. The van der Waals surface area contributed by atoms with Crippen molar-refractivity contribution in [2.45, 2.75) is 38.8 Å². The Morgan fingerprint density at radius 1 is 1.37 bits per heavy atom.